The van der Waals surface area contributed by atoms with Gasteiger partial charge in [0.25, 0.3) is 0 Å². The second kappa shape index (κ2) is 5.31. The van der Waals surface area contributed by atoms with Gasteiger partial charge >= 0.3 is 0 Å². The number of epoxide rings is 1. The Morgan fingerprint density at radius 1 is 1.13 bits per heavy atom. The van der Waals surface area contributed by atoms with Crippen LogP contribution in [0.15, 0.2) is 0 Å². The van der Waals surface area contributed by atoms with Gasteiger partial charge in [-0.3, -0.25) is 0 Å². The summed E-state index contributed by atoms with van der Waals surface area (Å²) in [7, 11) is 0. The normalized spacial score (nSPS) is 38.0. The summed E-state index contributed by atoms with van der Waals surface area (Å²) in [6, 6.07) is 0. The maximum atomic E-state index is 8.94. The molecule has 1 saturated carbocycles. The van der Waals surface area contributed by atoms with Crippen LogP contribution < -0.4 is 0 Å². The van der Waals surface area contributed by atoms with Gasteiger partial charge in [-0.05, 0) is 31.1 Å². The van der Waals surface area contributed by atoms with Crippen LogP contribution in [0.1, 0.15) is 51.9 Å². The minimum Gasteiger partial charge on any atom is -0.396 e. The van der Waals surface area contributed by atoms with E-state index in [0.717, 1.165) is 5.92 Å². The van der Waals surface area contributed by atoms with Gasteiger partial charge in [-0.25, -0.2) is 0 Å². The lowest BCUT2D eigenvalue weighted by molar-refractivity contribution is 0.264. The van der Waals surface area contributed by atoms with Gasteiger partial charge in [0.15, 0.2) is 0 Å². The van der Waals surface area contributed by atoms with Crippen molar-refractivity contribution in [2.45, 2.75) is 64.1 Å². The highest BCUT2D eigenvalue weighted by Crippen LogP contribution is 2.46. The van der Waals surface area contributed by atoms with Crippen LogP contribution in [0.4, 0.5) is 0 Å². The molecule has 1 aliphatic heterocycles. The van der Waals surface area contributed by atoms with Crippen molar-refractivity contribution in [1.82, 2.24) is 0 Å². The zero-order valence-corrected chi connectivity index (χ0v) is 9.82. The van der Waals surface area contributed by atoms with Crippen molar-refractivity contribution in [3.05, 3.63) is 0 Å². The quantitative estimate of drug-likeness (QED) is 0.495. The summed E-state index contributed by atoms with van der Waals surface area (Å²) in [5.41, 5.74) is 0. The van der Waals surface area contributed by atoms with Crippen molar-refractivity contribution < 1.29 is 9.84 Å². The predicted octanol–water partition coefficient (Wildman–Crippen LogP) is 2.74. The molecule has 2 nitrogen and oxygen atoms in total. The Labute approximate surface area is 93.0 Å². The lowest BCUT2D eigenvalue weighted by Gasteiger charge is -1.96. The van der Waals surface area contributed by atoms with Crippen molar-refractivity contribution in [3.8, 4) is 0 Å². The number of rotatable bonds is 8. The van der Waals surface area contributed by atoms with E-state index in [1.165, 1.54) is 44.9 Å². The maximum absolute atomic E-state index is 8.94. The molecule has 15 heavy (non-hydrogen) atoms. The average Bonchev–Trinajstić information content (AvgIpc) is 3.13. The Balaban J connectivity index is 1.46. The average molecular weight is 212 g/mol. The van der Waals surface area contributed by atoms with Crippen LogP contribution in [-0.2, 0) is 4.74 Å². The van der Waals surface area contributed by atoms with Gasteiger partial charge in [-0.15, -0.1) is 0 Å². The topological polar surface area (TPSA) is 32.8 Å². The highest BCUT2D eigenvalue weighted by molar-refractivity contribution is 4.94. The summed E-state index contributed by atoms with van der Waals surface area (Å²) in [6.07, 6.45) is 10.2. The number of aliphatic hydroxyl groups is 1. The molecule has 0 aromatic carbocycles. The Kier molecular flexibility index (Phi) is 4.04. The SMILES string of the molecule is CCCCCCC1OC1CC1CC1CO. The van der Waals surface area contributed by atoms with E-state index >= 15 is 0 Å². The van der Waals surface area contributed by atoms with Crippen molar-refractivity contribution in [2.24, 2.45) is 11.8 Å². The highest BCUT2D eigenvalue weighted by Gasteiger charge is 2.45. The summed E-state index contributed by atoms with van der Waals surface area (Å²) in [5.74, 6) is 1.38. The summed E-state index contributed by atoms with van der Waals surface area (Å²) in [5, 5.41) is 8.94. The van der Waals surface area contributed by atoms with Crippen LogP contribution in [0, 0.1) is 11.8 Å². The van der Waals surface area contributed by atoms with Gasteiger partial charge in [-0.2, -0.15) is 0 Å². The van der Waals surface area contributed by atoms with Crippen LogP contribution in [-0.4, -0.2) is 23.9 Å². The molecule has 4 unspecified atom stereocenters. The first kappa shape index (κ1) is 11.4. The third-order valence-corrected chi connectivity index (χ3v) is 3.87. The molecule has 1 N–H and O–H groups in total. The second-order valence-electron chi connectivity index (χ2n) is 5.24. The molecule has 0 aromatic heterocycles. The van der Waals surface area contributed by atoms with E-state index in [2.05, 4.69) is 6.92 Å². The summed E-state index contributed by atoms with van der Waals surface area (Å²) < 4.78 is 5.66. The molecule has 2 aliphatic rings. The highest BCUT2D eigenvalue weighted by atomic mass is 16.6. The standard InChI is InChI=1S/C13H24O2/c1-2-3-4-5-6-12-13(15-12)8-10-7-11(10)9-14/h10-14H,2-9H2,1H3. The van der Waals surface area contributed by atoms with E-state index in [-0.39, 0.29) is 0 Å². The molecule has 2 heteroatoms. The van der Waals surface area contributed by atoms with E-state index in [1.54, 1.807) is 0 Å². The third kappa shape index (κ3) is 3.46. The molecule has 0 amide bonds. The minimum atomic E-state index is 0.387. The monoisotopic (exact) mass is 212 g/mol. The second-order valence-corrected chi connectivity index (χ2v) is 5.24. The Hall–Kier alpha value is -0.0800. The molecule has 0 radical (unpaired) electrons. The smallest absolute Gasteiger partial charge is 0.0844 e. The Morgan fingerprint density at radius 2 is 2.00 bits per heavy atom. The fourth-order valence-electron chi connectivity index (χ4n) is 2.53. The Morgan fingerprint density at radius 3 is 2.67 bits per heavy atom. The molecule has 0 spiro atoms. The van der Waals surface area contributed by atoms with Crippen molar-refractivity contribution in [1.29, 1.82) is 0 Å². The number of hydrogen-bond acceptors (Lipinski definition) is 2. The molecule has 2 fully saturated rings. The number of unbranched alkanes of at least 4 members (excludes halogenated alkanes) is 3. The van der Waals surface area contributed by atoms with E-state index in [9.17, 15) is 0 Å². The first-order chi connectivity index (χ1) is 7.35. The molecule has 1 aliphatic carbocycles. The molecule has 1 heterocycles. The van der Waals surface area contributed by atoms with Crippen LogP contribution in [0.2, 0.25) is 0 Å². The lowest BCUT2D eigenvalue weighted by atomic mass is 10.1. The fraction of sp³-hybridized carbons (Fsp3) is 1.00. The predicted molar refractivity (Wildman–Crippen MR) is 60.7 cm³/mol. The zero-order valence-electron chi connectivity index (χ0n) is 9.82. The fourth-order valence-corrected chi connectivity index (χ4v) is 2.53. The van der Waals surface area contributed by atoms with Crippen LogP contribution in [0.25, 0.3) is 0 Å². The summed E-state index contributed by atoms with van der Waals surface area (Å²) in [6.45, 7) is 2.64. The van der Waals surface area contributed by atoms with Crippen LogP contribution >= 0.6 is 0 Å². The van der Waals surface area contributed by atoms with E-state index < -0.39 is 0 Å². The lowest BCUT2D eigenvalue weighted by Crippen LogP contribution is -1.98. The van der Waals surface area contributed by atoms with Crippen molar-refractivity contribution in [2.75, 3.05) is 6.61 Å². The van der Waals surface area contributed by atoms with Crippen LogP contribution in [0.5, 0.6) is 0 Å². The molecular formula is C13H24O2. The molecule has 88 valence electrons. The molecule has 1 saturated heterocycles. The molecule has 0 aromatic rings. The molecular weight excluding hydrogens is 188 g/mol. The van der Waals surface area contributed by atoms with Gasteiger partial charge in [0, 0.05) is 6.61 Å². The van der Waals surface area contributed by atoms with Gasteiger partial charge < -0.3 is 9.84 Å². The number of hydrogen-bond donors (Lipinski definition) is 1. The van der Waals surface area contributed by atoms with E-state index in [0.29, 0.717) is 24.7 Å². The minimum absolute atomic E-state index is 0.387. The summed E-state index contributed by atoms with van der Waals surface area (Å²) in [4.78, 5) is 0. The summed E-state index contributed by atoms with van der Waals surface area (Å²) >= 11 is 0. The third-order valence-electron chi connectivity index (χ3n) is 3.87. The first-order valence-corrected chi connectivity index (χ1v) is 6.61. The Bertz CT molecular complexity index is 193. The number of aliphatic hydroxyl groups excluding tert-OH is 1. The maximum Gasteiger partial charge on any atom is 0.0844 e. The number of ether oxygens (including phenoxy) is 1. The van der Waals surface area contributed by atoms with E-state index in [1.807, 2.05) is 0 Å². The van der Waals surface area contributed by atoms with Crippen LogP contribution in [0.3, 0.4) is 0 Å². The van der Waals surface area contributed by atoms with Gasteiger partial charge in [-0.1, -0.05) is 32.6 Å². The van der Waals surface area contributed by atoms with Crippen molar-refractivity contribution in [3.63, 3.8) is 0 Å². The first-order valence-electron chi connectivity index (χ1n) is 6.61. The van der Waals surface area contributed by atoms with Gasteiger partial charge in [0.05, 0.1) is 12.2 Å². The van der Waals surface area contributed by atoms with Gasteiger partial charge in [0.2, 0.25) is 0 Å². The molecule has 0 bridgehead atoms. The van der Waals surface area contributed by atoms with Crippen molar-refractivity contribution >= 4 is 0 Å². The molecule has 4 atom stereocenters. The largest absolute Gasteiger partial charge is 0.396 e. The molecule has 2 rings (SSSR count). The van der Waals surface area contributed by atoms with Gasteiger partial charge in [0.1, 0.15) is 0 Å². The zero-order chi connectivity index (χ0) is 10.7. The van der Waals surface area contributed by atoms with E-state index in [4.69, 9.17) is 9.84 Å².